The molecule has 0 N–H and O–H groups in total. The van der Waals surface area contributed by atoms with Gasteiger partial charge in [0.05, 0.1) is 19.0 Å². The maximum atomic E-state index is 12.7. The molecular formula is C25H38N6O2S. The van der Waals surface area contributed by atoms with Crippen molar-refractivity contribution in [1.29, 1.82) is 0 Å². The van der Waals surface area contributed by atoms with Crippen molar-refractivity contribution in [3.63, 3.8) is 0 Å². The Bertz CT molecular complexity index is 937. The van der Waals surface area contributed by atoms with Crippen LogP contribution in [0.4, 0.5) is 10.9 Å². The molecule has 0 spiro atoms. The second-order valence-electron chi connectivity index (χ2n) is 9.34. The predicted octanol–water partition coefficient (Wildman–Crippen LogP) is 4.32. The molecule has 2 fully saturated rings. The van der Waals surface area contributed by atoms with Gasteiger partial charge in [-0.2, -0.15) is 0 Å². The van der Waals surface area contributed by atoms with Crippen LogP contribution >= 0.6 is 11.3 Å². The third kappa shape index (κ3) is 5.51. The summed E-state index contributed by atoms with van der Waals surface area (Å²) in [6, 6.07) is 0.665. The van der Waals surface area contributed by atoms with E-state index in [9.17, 15) is 4.79 Å². The van der Waals surface area contributed by atoms with Gasteiger partial charge in [-0.15, -0.1) is 0 Å². The number of carbonyl (C=O) groups excluding carboxylic acids is 1. The Kier molecular flexibility index (Phi) is 8.37. The fraction of sp³-hybridized carbons (Fsp3) is 0.680. The number of thiazole rings is 1. The number of ether oxygens (including phenoxy) is 1. The first kappa shape index (κ1) is 24.9. The van der Waals surface area contributed by atoms with Crippen molar-refractivity contribution in [3.05, 3.63) is 17.3 Å². The number of hydrogen-bond donors (Lipinski definition) is 0. The maximum absolute atomic E-state index is 12.7. The molecule has 2 aromatic heterocycles. The smallest absolute Gasteiger partial charge is 0.350 e. The molecule has 0 aliphatic carbocycles. The Morgan fingerprint density at radius 3 is 2.47 bits per heavy atom. The number of carbonyl (C=O) groups is 1. The minimum atomic E-state index is -0.338. The highest BCUT2D eigenvalue weighted by molar-refractivity contribution is 7.17. The Balaban J connectivity index is 1.52. The summed E-state index contributed by atoms with van der Waals surface area (Å²) in [5.41, 5.74) is 1.20. The molecule has 4 rings (SSSR count). The van der Waals surface area contributed by atoms with E-state index in [4.69, 9.17) is 14.7 Å². The van der Waals surface area contributed by atoms with E-state index in [0.29, 0.717) is 34.8 Å². The Hall–Kier alpha value is -2.26. The number of esters is 1. The Morgan fingerprint density at radius 2 is 1.85 bits per heavy atom. The van der Waals surface area contributed by atoms with Crippen LogP contribution < -0.4 is 9.80 Å². The van der Waals surface area contributed by atoms with Crippen LogP contribution in [0.15, 0.2) is 12.4 Å². The van der Waals surface area contributed by atoms with Gasteiger partial charge >= 0.3 is 5.97 Å². The molecule has 2 saturated heterocycles. The van der Waals surface area contributed by atoms with E-state index in [1.807, 2.05) is 13.1 Å². The largest absolute Gasteiger partial charge is 0.462 e. The SMILES string of the molecule is CCOC(=O)c1sc(N2CCC[C@@H](C)C2)nc1-c1cnc(N2CCN(C(CC)CC)CC2)cn1. The van der Waals surface area contributed by atoms with Crippen LogP contribution in [0, 0.1) is 5.92 Å². The monoisotopic (exact) mass is 486 g/mol. The van der Waals surface area contributed by atoms with Crippen molar-refractivity contribution in [2.24, 2.45) is 5.92 Å². The van der Waals surface area contributed by atoms with E-state index < -0.39 is 0 Å². The van der Waals surface area contributed by atoms with Gasteiger partial charge in [0, 0.05) is 45.3 Å². The van der Waals surface area contributed by atoms with Gasteiger partial charge in [0.1, 0.15) is 22.1 Å². The summed E-state index contributed by atoms with van der Waals surface area (Å²) in [4.78, 5) is 34.6. The Labute approximate surface area is 207 Å². The molecule has 0 bridgehead atoms. The molecule has 2 aliphatic heterocycles. The van der Waals surface area contributed by atoms with Crippen LogP contribution in [0.1, 0.15) is 63.0 Å². The number of anilines is 2. The fourth-order valence-corrected chi connectivity index (χ4v) is 6.05. The lowest BCUT2D eigenvalue weighted by atomic mass is 10.0. The zero-order valence-electron chi connectivity index (χ0n) is 21.0. The average molecular weight is 487 g/mol. The van der Waals surface area contributed by atoms with Crippen LogP contribution in [0.3, 0.4) is 0 Å². The molecule has 0 unspecified atom stereocenters. The molecule has 2 aliphatic rings. The number of nitrogens with zero attached hydrogens (tertiary/aromatic N) is 6. The minimum absolute atomic E-state index is 0.333. The summed E-state index contributed by atoms with van der Waals surface area (Å²) < 4.78 is 5.33. The Morgan fingerprint density at radius 1 is 1.09 bits per heavy atom. The van der Waals surface area contributed by atoms with Gasteiger partial charge in [0.15, 0.2) is 5.13 Å². The first-order valence-electron chi connectivity index (χ1n) is 12.8. The molecule has 0 radical (unpaired) electrons. The minimum Gasteiger partial charge on any atom is -0.462 e. The van der Waals surface area contributed by atoms with E-state index in [1.54, 1.807) is 6.20 Å². The highest BCUT2D eigenvalue weighted by Gasteiger charge is 2.27. The number of rotatable bonds is 8. The van der Waals surface area contributed by atoms with Crippen LogP contribution in [0.25, 0.3) is 11.4 Å². The van der Waals surface area contributed by atoms with Crippen LogP contribution in [-0.2, 0) is 4.74 Å². The van der Waals surface area contributed by atoms with Crippen molar-refractivity contribution in [2.75, 3.05) is 55.7 Å². The first-order valence-corrected chi connectivity index (χ1v) is 13.6. The summed E-state index contributed by atoms with van der Waals surface area (Å²) in [5.74, 6) is 1.16. The third-order valence-corrected chi connectivity index (χ3v) is 8.08. The lowest BCUT2D eigenvalue weighted by Crippen LogP contribution is -2.50. The summed E-state index contributed by atoms with van der Waals surface area (Å²) in [6.45, 7) is 14.9. The van der Waals surface area contributed by atoms with Gasteiger partial charge in [-0.25, -0.2) is 19.7 Å². The van der Waals surface area contributed by atoms with E-state index in [2.05, 4.69) is 40.5 Å². The molecule has 0 aromatic carbocycles. The highest BCUT2D eigenvalue weighted by Crippen LogP contribution is 2.35. The van der Waals surface area contributed by atoms with Crippen LogP contribution in [0.2, 0.25) is 0 Å². The molecule has 186 valence electrons. The number of piperidine rings is 1. The molecule has 4 heterocycles. The lowest BCUT2D eigenvalue weighted by Gasteiger charge is -2.39. The van der Waals surface area contributed by atoms with Crippen molar-refractivity contribution in [3.8, 4) is 11.4 Å². The predicted molar refractivity (Wildman–Crippen MR) is 138 cm³/mol. The second kappa shape index (κ2) is 11.4. The molecule has 9 heteroatoms. The van der Waals surface area contributed by atoms with Crippen molar-refractivity contribution in [2.45, 2.75) is 59.4 Å². The fourth-order valence-electron chi connectivity index (χ4n) is 5.04. The van der Waals surface area contributed by atoms with Gasteiger partial charge in [-0.3, -0.25) is 4.90 Å². The van der Waals surface area contributed by atoms with Gasteiger partial charge in [0.25, 0.3) is 0 Å². The summed E-state index contributed by atoms with van der Waals surface area (Å²) in [5, 5.41) is 0.869. The molecular weight excluding hydrogens is 448 g/mol. The molecule has 34 heavy (non-hydrogen) atoms. The number of piperazine rings is 1. The zero-order valence-corrected chi connectivity index (χ0v) is 21.8. The van der Waals surface area contributed by atoms with Gasteiger partial charge < -0.3 is 14.5 Å². The molecule has 1 atom stereocenters. The number of hydrogen-bond acceptors (Lipinski definition) is 9. The third-order valence-electron chi connectivity index (χ3n) is 6.98. The van der Waals surface area contributed by atoms with E-state index in [0.717, 1.165) is 56.6 Å². The average Bonchev–Trinajstić information content (AvgIpc) is 3.31. The topological polar surface area (TPSA) is 74.7 Å². The summed E-state index contributed by atoms with van der Waals surface area (Å²) >= 11 is 1.41. The molecule has 0 saturated carbocycles. The zero-order chi connectivity index (χ0) is 24.1. The number of aromatic nitrogens is 3. The van der Waals surface area contributed by atoms with Gasteiger partial charge in [-0.05, 0) is 38.5 Å². The molecule has 0 amide bonds. The summed E-state index contributed by atoms with van der Waals surface area (Å²) in [7, 11) is 0. The second-order valence-corrected chi connectivity index (χ2v) is 10.3. The molecule has 8 nitrogen and oxygen atoms in total. The maximum Gasteiger partial charge on any atom is 0.350 e. The van der Waals surface area contributed by atoms with Crippen molar-refractivity contribution < 1.29 is 9.53 Å². The highest BCUT2D eigenvalue weighted by atomic mass is 32.1. The van der Waals surface area contributed by atoms with E-state index in [1.165, 1.54) is 30.6 Å². The lowest BCUT2D eigenvalue weighted by molar-refractivity contribution is 0.0532. The van der Waals surface area contributed by atoms with Crippen LogP contribution in [0.5, 0.6) is 0 Å². The quantitative estimate of drug-likeness (QED) is 0.511. The van der Waals surface area contributed by atoms with E-state index in [-0.39, 0.29) is 5.97 Å². The summed E-state index contributed by atoms with van der Waals surface area (Å²) in [6.07, 6.45) is 8.34. The van der Waals surface area contributed by atoms with E-state index >= 15 is 0 Å². The standard InChI is InChI=1S/C25H38N6O2S/c1-5-19(6-2)29-11-13-30(14-12-29)21-16-26-20(15-27-21)22-23(24(32)33-7-3)34-25(28-22)31-10-8-9-18(4)17-31/h15-16,18-19H,5-14,17H2,1-4H3/t18-/m1/s1. The van der Waals surface area contributed by atoms with Crippen molar-refractivity contribution in [1.82, 2.24) is 19.9 Å². The van der Waals surface area contributed by atoms with Crippen molar-refractivity contribution >= 4 is 28.3 Å². The normalized spacial score (nSPS) is 19.6. The van der Waals surface area contributed by atoms with Gasteiger partial charge in [0.2, 0.25) is 0 Å². The van der Waals surface area contributed by atoms with Gasteiger partial charge in [-0.1, -0.05) is 32.1 Å². The molecule has 2 aromatic rings. The first-order chi connectivity index (χ1) is 16.5. The van der Waals surface area contributed by atoms with Crippen LogP contribution in [-0.4, -0.2) is 77.7 Å².